The summed E-state index contributed by atoms with van der Waals surface area (Å²) in [6, 6.07) is 0. The second-order valence-corrected chi connectivity index (χ2v) is 4.89. The Hall–Kier alpha value is -1.10. The molecule has 2 saturated heterocycles. The van der Waals surface area contributed by atoms with Gasteiger partial charge in [0.2, 0.25) is 11.4 Å². The third kappa shape index (κ3) is 1.15. The topological polar surface area (TPSA) is 75.6 Å². The number of aliphatic hydroxyl groups excluding tert-OH is 1. The summed E-state index contributed by atoms with van der Waals surface area (Å²) < 4.78 is 5.03. The summed E-state index contributed by atoms with van der Waals surface area (Å²) >= 11 is 0. The first-order chi connectivity index (χ1) is 7.45. The van der Waals surface area contributed by atoms with Crippen LogP contribution in [-0.4, -0.2) is 34.7 Å². The highest BCUT2D eigenvalue weighted by atomic mass is 16.6. The number of aliphatic hydroxyl groups is 1. The zero-order valence-electron chi connectivity index (χ0n) is 9.69. The van der Waals surface area contributed by atoms with Gasteiger partial charge in [0.05, 0.1) is 12.0 Å². The third-order valence-corrected chi connectivity index (χ3v) is 3.59. The van der Waals surface area contributed by atoms with Gasteiger partial charge in [-0.1, -0.05) is 20.8 Å². The lowest BCUT2D eigenvalue weighted by Gasteiger charge is -2.46. The quantitative estimate of drug-likeness (QED) is 0.656. The van der Waals surface area contributed by atoms with Crippen LogP contribution < -0.4 is 5.32 Å². The summed E-state index contributed by atoms with van der Waals surface area (Å²) in [4.78, 5) is 23.3. The molecule has 0 aromatic rings. The number of hydrogen-bond acceptors (Lipinski definition) is 4. The van der Waals surface area contributed by atoms with Crippen LogP contribution in [0.1, 0.15) is 27.2 Å². The van der Waals surface area contributed by atoms with E-state index in [2.05, 4.69) is 5.32 Å². The molecule has 2 heterocycles. The van der Waals surface area contributed by atoms with E-state index in [1.54, 1.807) is 0 Å². The van der Waals surface area contributed by atoms with Gasteiger partial charge in [-0.2, -0.15) is 0 Å². The van der Waals surface area contributed by atoms with E-state index in [1.807, 2.05) is 20.8 Å². The SMILES string of the molecule is CC[C@H]1C(=O)N[C@@]2([C@@H](O)C(C)C)C(=O)O[C@@H]12. The van der Waals surface area contributed by atoms with E-state index < -0.39 is 23.7 Å². The van der Waals surface area contributed by atoms with E-state index in [0.29, 0.717) is 6.42 Å². The van der Waals surface area contributed by atoms with E-state index in [-0.39, 0.29) is 17.7 Å². The zero-order chi connectivity index (χ0) is 12.1. The van der Waals surface area contributed by atoms with Crippen molar-refractivity contribution in [3.63, 3.8) is 0 Å². The van der Waals surface area contributed by atoms with Gasteiger partial charge in [0.15, 0.2) is 0 Å². The molecule has 5 heteroatoms. The first-order valence-corrected chi connectivity index (χ1v) is 5.66. The Bertz CT molecular complexity index is 341. The molecule has 0 aromatic carbocycles. The second kappa shape index (κ2) is 3.45. The predicted octanol–water partition coefficient (Wildman–Crippen LogP) is -0.177. The van der Waals surface area contributed by atoms with Gasteiger partial charge >= 0.3 is 5.97 Å². The number of ether oxygens (including phenoxy) is 1. The van der Waals surface area contributed by atoms with E-state index in [9.17, 15) is 14.7 Å². The van der Waals surface area contributed by atoms with Crippen molar-refractivity contribution < 1.29 is 19.4 Å². The molecule has 2 N–H and O–H groups in total. The molecule has 0 saturated carbocycles. The van der Waals surface area contributed by atoms with Gasteiger partial charge in [-0.3, -0.25) is 4.79 Å². The van der Waals surface area contributed by atoms with Gasteiger partial charge < -0.3 is 15.2 Å². The molecule has 1 amide bonds. The Morgan fingerprint density at radius 2 is 2.12 bits per heavy atom. The molecule has 0 aliphatic carbocycles. The van der Waals surface area contributed by atoms with Crippen LogP contribution in [0.4, 0.5) is 0 Å². The van der Waals surface area contributed by atoms with Crippen molar-refractivity contribution in [3.8, 4) is 0 Å². The van der Waals surface area contributed by atoms with Crippen LogP contribution in [-0.2, 0) is 14.3 Å². The fourth-order valence-electron chi connectivity index (χ4n) is 2.61. The summed E-state index contributed by atoms with van der Waals surface area (Å²) in [6.07, 6.45) is -0.787. The Morgan fingerprint density at radius 1 is 1.50 bits per heavy atom. The molecule has 90 valence electrons. The van der Waals surface area contributed by atoms with Gasteiger partial charge in [0, 0.05) is 0 Å². The number of hydrogen-bond donors (Lipinski definition) is 2. The molecule has 0 unspecified atom stereocenters. The average molecular weight is 227 g/mol. The molecule has 5 nitrogen and oxygen atoms in total. The number of esters is 1. The van der Waals surface area contributed by atoms with Crippen LogP contribution in [0.5, 0.6) is 0 Å². The molecular formula is C11H17NO4. The summed E-state index contributed by atoms with van der Waals surface area (Å²) in [5, 5.41) is 12.7. The number of amides is 1. The lowest BCUT2D eigenvalue weighted by Crippen LogP contribution is -2.73. The summed E-state index contributed by atoms with van der Waals surface area (Å²) in [6.45, 7) is 5.50. The van der Waals surface area contributed by atoms with Crippen molar-refractivity contribution in [1.82, 2.24) is 5.32 Å². The first kappa shape index (κ1) is 11.4. The van der Waals surface area contributed by atoms with Gasteiger partial charge in [-0.25, -0.2) is 4.79 Å². The van der Waals surface area contributed by atoms with E-state index in [4.69, 9.17) is 4.74 Å². The normalized spacial score (nSPS) is 38.8. The van der Waals surface area contributed by atoms with Crippen molar-refractivity contribution >= 4 is 11.9 Å². The molecule has 2 aliphatic rings. The van der Waals surface area contributed by atoms with Crippen molar-refractivity contribution in [1.29, 1.82) is 0 Å². The molecule has 2 aliphatic heterocycles. The number of nitrogens with one attached hydrogen (secondary N) is 1. The number of carbonyl (C=O) groups is 2. The largest absolute Gasteiger partial charge is 0.456 e. The summed E-state index contributed by atoms with van der Waals surface area (Å²) in [7, 11) is 0. The fourth-order valence-corrected chi connectivity index (χ4v) is 2.61. The Balaban J connectivity index is 2.32. The van der Waals surface area contributed by atoms with Crippen LogP contribution in [0.3, 0.4) is 0 Å². The van der Waals surface area contributed by atoms with Crippen LogP contribution in [0.15, 0.2) is 0 Å². The molecule has 0 aromatic heterocycles. The van der Waals surface area contributed by atoms with Crippen LogP contribution in [0.2, 0.25) is 0 Å². The average Bonchev–Trinajstić information content (AvgIpc) is 2.46. The summed E-state index contributed by atoms with van der Waals surface area (Å²) in [5.74, 6) is -1.14. The molecule has 0 radical (unpaired) electrons. The highest BCUT2D eigenvalue weighted by molar-refractivity contribution is 6.00. The lowest BCUT2D eigenvalue weighted by molar-refractivity contribution is -0.207. The van der Waals surface area contributed by atoms with Crippen molar-refractivity contribution in [2.75, 3.05) is 0 Å². The van der Waals surface area contributed by atoms with Crippen molar-refractivity contribution in [2.24, 2.45) is 11.8 Å². The number of carbonyl (C=O) groups excluding carboxylic acids is 2. The lowest BCUT2D eigenvalue weighted by atomic mass is 9.75. The first-order valence-electron chi connectivity index (χ1n) is 5.66. The highest BCUT2D eigenvalue weighted by Gasteiger charge is 2.71. The van der Waals surface area contributed by atoms with Gasteiger partial charge in [-0.15, -0.1) is 0 Å². The fraction of sp³-hybridized carbons (Fsp3) is 0.818. The minimum absolute atomic E-state index is 0.105. The van der Waals surface area contributed by atoms with E-state index in [1.165, 1.54) is 0 Å². The maximum Gasteiger partial charge on any atom is 0.338 e. The van der Waals surface area contributed by atoms with Gasteiger partial charge in [0.25, 0.3) is 0 Å². The number of rotatable bonds is 3. The van der Waals surface area contributed by atoms with Crippen molar-refractivity contribution in [2.45, 2.75) is 44.9 Å². The molecule has 2 fully saturated rings. The molecule has 4 atom stereocenters. The van der Waals surface area contributed by atoms with Gasteiger partial charge in [-0.05, 0) is 12.3 Å². The molecule has 16 heavy (non-hydrogen) atoms. The third-order valence-electron chi connectivity index (χ3n) is 3.59. The highest BCUT2D eigenvalue weighted by Crippen LogP contribution is 2.43. The van der Waals surface area contributed by atoms with Gasteiger partial charge in [0.1, 0.15) is 6.10 Å². The molecule has 0 spiro atoms. The maximum absolute atomic E-state index is 11.7. The Kier molecular flexibility index (Phi) is 2.45. The molecule has 2 rings (SSSR count). The maximum atomic E-state index is 11.7. The van der Waals surface area contributed by atoms with E-state index in [0.717, 1.165) is 0 Å². The summed E-state index contributed by atoms with van der Waals surface area (Å²) in [5.41, 5.74) is -1.19. The smallest absolute Gasteiger partial charge is 0.338 e. The standard InChI is InChI=1S/C11H17NO4/c1-4-6-8-11(10(15)16-8,12-9(6)14)7(13)5(2)3/h5-8,13H,4H2,1-3H3,(H,12,14)/t6-,7+,8+,11-/m1/s1. The monoisotopic (exact) mass is 227 g/mol. The van der Waals surface area contributed by atoms with E-state index >= 15 is 0 Å². The number of fused-ring (bicyclic) bond motifs is 1. The van der Waals surface area contributed by atoms with Crippen molar-refractivity contribution in [3.05, 3.63) is 0 Å². The second-order valence-electron chi connectivity index (χ2n) is 4.89. The Labute approximate surface area is 94.2 Å². The van der Waals surface area contributed by atoms with Crippen LogP contribution in [0, 0.1) is 11.8 Å². The predicted molar refractivity (Wildman–Crippen MR) is 55.4 cm³/mol. The van der Waals surface area contributed by atoms with Crippen LogP contribution in [0.25, 0.3) is 0 Å². The Morgan fingerprint density at radius 3 is 2.56 bits per heavy atom. The van der Waals surface area contributed by atoms with Crippen LogP contribution >= 0.6 is 0 Å². The zero-order valence-corrected chi connectivity index (χ0v) is 9.69. The molecular weight excluding hydrogens is 210 g/mol. The minimum atomic E-state index is -1.19. The minimum Gasteiger partial charge on any atom is -0.456 e. The molecule has 0 bridgehead atoms.